The lowest BCUT2D eigenvalue weighted by molar-refractivity contribution is -0.105. The van der Waals surface area contributed by atoms with Crippen LogP contribution in [0.3, 0.4) is 0 Å². The summed E-state index contributed by atoms with van der Waals surface area (Å²) in [6.07, 6.45) is 4.23. The number of hydrogen-bond acceptors (Lipinski definition) is 6. The molecule has 1 saturated carbocycles. The molecule has 3 aliphatic rings. The molecule has 4 aromatic rings. The number of halogens is 1. The van der Waals surface area contributed by atoms with Gasteiger partial charge in [0.15, 0.2) is 0 Å². The lowest BCUT2D eigenvalue weighted by atomic mass is 9.99. The smallest absolute Gasteiger partial charge is 0.341 e. The molecule has 0 unspecified atom stereocenters. The molecule has 0 spiro atoms. The van der Waals surface area contributed by atoms with E-state index in [0.717, 1.165) is 24.8 Å². The first kappa shape index (κ1) is 28.7. The van der Waals surface area contributed by atoms with E-state index < -0.39 is 17.2 Å². The van der Waals surface area contributed by atoms with Crippen molar-refractivity contribution in [3.63, 3.8) is 0 Å². The van der Waals surface area contributed by atoms with Crippen LogP contribution in [0.2, 0.25) is 0 Å². The summed E-state index contributed by atoms with van der Waals surface area (Å²) in [5, 5.41) is 13.4. The lowest BCUT2D eigenvalue weighted by Crippen LogP contribution is -2.59. The lowest BCUT2D eigenvalue weighted by Gasteiger charge is -2.45. The molecule has 9 heteroatoms. The van der Waals surface area contributed by atoms with E-state index in [-0.39, 0.29) is 41.3 Å². The van der Waals surface area contributed by atoms with Crippen molar-refractivity contribution in [3.8, 4) is 0 Å². The van der Waals surface area contributed by atoms with E-state index in [0.29, 0.717) is 43.9 Å². The van der Waals surface area contributed by atoms with Gasteiger partial charge in [-0.1, -0.05) is 60.7 Å². The van der Waals surface area contributed by atoms with Crippen LogP contribution in [-0.4, -0.2) is 66.2 Å². The van der Waals surface area contributed by atoms with Crippen LogP contribution < -0.4 is 15.6 Å². The quantitative estimate of drug-likeness (QED) is 0.307. The molecule has 2 saturated heterocycles. The number of ether oxygens (including phenoxy) is 2. The number of carboxylic acid groups (broad SMARTS) is 1. The summed E-state index contributed by atoms with van der Waals surface area (Å²) in [5.74, 6) is -1.86. The van der Waals surface area contributed by atoms with Gasteiger partial charge in [0, 0.05) is 36.8 Å². The minimum atomic E-state index is -1.30. The minimum Gasteiger partial charge on any atom is -0.477 e. The average Bonchev–Trinajstić information content (AvgIpc) is 3.89. The van der Waals surface area contributed by atoms with Gasteiger partial charge in [-0.2, -0.15) is 0 Å². The van der Waals surface area contributed by atoms with Gasteiger partial charge in [-0.3, -0.25) is 4.79 Å². The van der Waals surface area contributed by atoms with Crippen LogP contribution in [0.1, 0.15) is 40.4 Å². The molecule has 0 bridgehead atoms. The number of pyridine rings is 1. The molecular formula is C35H36FN3O5. The summed E-state index contributed by atoms with van der Waals surface area (Å²) in [4.78, 5) is 27.0. The Balaban J connectivity index is 1.18. The first-order valence-corrected chi connectivity index (χ1v) is 15.4. The van der Waals surface area contributed by atoms with Gasteiger partial charge in [0.25, 0.3) is 0 Å². The maximum absolute atomic E-state index is 16.1. The third kappa shape index (κ3) is 5.87. The number of nitrogens with one attached hydrogen (secondary N) is 1. The fourth-order valence-corrected chi connectivity index (χ4v) is 6.59. The van der Waals surface area contributed by atoms with Gasteiger partial charge in [0.1, 0.15) is 17.5 Å². The fraction of sp³-hybridized carbons (Fsp3) is 0.371. The summed E-state index contributed by atoms with van der Waals surface area (Å²) in [7, 11) is 0. The summed E-state index contributed by atoms with van der Waals surface area (Å²) in [5.41, 5.74) is 2.31. The first-order valence-electron chi connectivity index (χ1n) is 15.4. The van der Waals surface area contributed by atoms with Crippen molar-refractivity contribution in [2.45, 2.75) is 56.0 Å². The van der Waals surface area contributed by atoms with Gasteiger partial charge < -0.3 is 29.4 Å². The third-order valence-electron chi connectivity index (χ3n) is 9.07. The monoisotopic (exact) mass is 597 g/mol. The number of nitrogens with zero attached hydrogens (tertiary/aromatic N) is 2. The second-order valence-corrected chi connectivity index (χ2v) is 12.2. The van der Waals surface area contributed by atoms with Crippen LogP contribution in [0.25, 0.3) is 10.9 Å². The molecule has 0 radical (unpaired) electrons. The number of aromatic carboxylic acids is 1. The van der Waals surface area contributed by atoms with Crippen molar-refractivity contribution >= 4 is 22.6 Å². The summed E-state index contributed by atoms with van der Waals surface area (Å²) in [6, 6.07) is 23.5. The van der Waals surface area contributed by atoms with Crippen molar-refractivity contribution in [1.29, 1.82) is 0 Å². The van der Waals surface area contributed by atoms with Crippen molar-refractivity contribution in [2.24, 2.45) is 0 Å². The summed E-state index contributed by atoms with van der Waals surface area (Å²) < 4.78 is 30.7. The van der Waals surface area contributed by atoms with E-state index in [4.69, 9.17) is 9.47 Å². The molecule has 2 aliphatic heterocycles. The normalized spacial score (nSPS) is 24.0. The van der Waals surface area contributed by atoms with Crippen molar-refractivity contribution in [1.82, 2.24) is 9.88 Å². The second kappa shape index (κ2) is 12.1. The molecule has 3 aromatic carbocycles. The molecule has 44 heavy (non-hydrogen) atoms. The van der Waals surface area contributed by atoms with E-state index >= 15 is 4.39 Å². The Morgan fingerprint density at radius 3 is 2.25 bits per heavy atom. The number of fused-ring (bicyclic) bond motifs is 1. The minimum absolute atomic E-state index is 0.0896. The van der Waals surface area contributed by atoms with Crippen LogP contribution in [0.5, 0.6) is 0 Å². The largest absolute Gasteiger partial charge is 0.477 e. The first-order chi connectivity index (χ1) is 21.4. The highest BCUT2D eigenvalue weighted by Crippen LogP contribution is 2.39. The Kier molecular flexibility index (Phi) is 7.93. The molecule has 7 rings (SSSR count). The summed E-state index contributed by atoms with van der Waals surface area (Å²) in [6.45, 7) is 1.98. The molecule has 228 valence electrons. The van der Waals surface area contributed by atoms with Crippen LogP contribution in [0.15, 0.2) is 83.8 Å². The number of carbonyl (C=O) groups is 1. The Hall–Kier alpha value is -4.05. The van der Waals surface area contributed by atoms with Gasteiger partial charge in [-0.05, 0) is 48.9 Å². The van der Waals surface area contributed by atoms with Crippen molar-refractivity contribution < 1.29 is 23.8 Å². The highest BCUT2D eigenvalue weighted by atomic mass is 19.1. The van der Waals surface area contributed by atoms with E-state index in [9.17, 15) is 14.7 Å². The molecular weight excluding hydrogens is 561 g/mol. The van der Waals surface area contributed by atoms with E-state index in [1.54, 1.807) is 6.07 Å². The third-order valence-corrected chi connectivity index (χ3v) is 9.07. The number of carboxylic acids is 1. The van der Waals surface area contributed by atoms with Crippen LogP contribution in [0, 0.1) is 5.82 Å². The topological polar surface area (TPSA) is 93.0 Å². The highest BCUT2D eigenvalue weighted by Gasteiger charge is 2.38. The Bertz CT molecular complexity index is 1700. The van der Waals surface area contributed by atoms with Gasteiger partial charge >= 0.3 is 5.97 Å². The second-order valence-electron chi connectivity index (χ2n) is 12.2. The van der Waals surface area contributed by atoms with Crippen LogP contribution in [-0.2, 0) is 22.3 Å². The number of benzene rings is 3. The predicted octanol–water partition coefficient (Wildman–Crippen LogP) is 4.59. The Morgan fingerprint density at radius 2 is 1.61 bits per heavy atom. The standard InChI is InChI=1S/C35H36FN3O5/c36-29-15-27-30(38(25-11-12-25)18-28(34(27)40)35(41)42)16-31(29)39-19-33(44-21-26(39)14-23-9-5-2-6-10-23)32-17-37-24(20-43-32)13-22-7-3-1-4-8-22/h1-10,15-16,18,24-26,32-33,37H,11-14,17,19-21H2,(H,41,42)/t24-,26-,32+,33+/m1/s1. The average molecular weight is 598 g/mol. The van der Waals surface area contributed by atoms with Crippen LogP contribution in [0.4, 0.5) is 10.1 Å². The fourth-order valence-electron chi connectivity index (χ4n) is 6.59. The van der Waals surface area contributed by atoms with Gasteiger partial charge in [0.2, 0.25) is 5.43 Å². The van der Waals surface area contributed by atoms with Gasteiger partial charge in [0.05, 0.1) is 36.6 Å². The van der Waals surface area contributed by atoms with Crippen molar-refractivity contribution in [2.75, 3.05) is 31.2 Å². The predicted molar refractivity (Wildman–Crippen MR) is 166 cm³/mol. The zero-order chi connectivity index (χ0) is 30.2. The van der Waals surface area contributed by atoms with Gasteiger partial charge in [-0.15, -0.1) is 0 Å². The number of aromatic nitrogens is 1. The maximum atomic E-state index is 16.1. The van der Waals surface area contributed by atoms with Crippen molar-refractivity contribution in [3.05, 3.63) is 112 Å². The summed E-state index contributed by atoms with van der Waals surface area (Å²) >= 11 is 0. The molecule has 1 aliphatic carbocycles. The zero-order valence-electron chi connectivity index (χ0n) is 24.4. The SMILES string of the molecule is O=C(O)c1cn(C2CC2)c2cc(N3C[C@@H]([C@@H]4CN[C@H](Cc5ccccc5)CO4)OC[C@H]3Cc3ccccc3)c(F)cc2c1=O. The molecule has 3 fully saturated rings. The van der Waals surface area contributed by atoms with E-state index in [1.165, 1.54) is 17.8 Å². The van der Waals surface area contributed by atoms with E-state index in [1.807, 2.05) is 41.0 Å². The van der Waals surface area contributed by atoms with Gasteiger partial charge in [-0.25, -0.2) is 9.18 Å². The number of anilines is 1. The Labute approximate surface area is 255 Å². The molecule has 1 aromatic heterocycles. The molecule has 8 nitrogen and oxygen atoms in total. The molecule has 0 amide bonds. The highest BCUT2D eigenvalue weighted by molar-refractivity contribution is 5.93. The number of rotatable bonds is 8. The zero-order valence-corrected chi connectivity index (χ0v) is 24.4. The molecule has 3 heterocycles. The molecule has 2 N–H and O–H groups in total. The Morgan fingerprint density at radius 1 is 0.932 bits per heavy atom. The number of morpholine rings is 2. The van der Waals surface area contributed by atoms with E-state index in [2.05, 4.69) is 34.5 Å². The number of hydrogen-bond donors (Lipinski definition) is 2. The molecule has 4 atom stereocenters. The van der Waals surface area contributed by atoms with Crippen LogP contribution >= 0.6 is 0 Å². The maximum Gasteiger partial charge on any atom is 0.341 e.